The summed E-state index contributed by atoms with van der Waals surface area (Å²) in [6.45, 7) is 0. The molecule has 4 nitrogen and oxygen atoms in total. The number of aromatic nitrogens is 2. The van der Waals surface area contributed by atoms with Gasteiger partial charge in [-0.05, 0) is 52.4 Å². The molecule has 0 aliphatic rings. The van der Waals surface area contributed by atoms with E-state index in [1.165, 1.54) is 0 Å². The van der Waals surface area contributed by atoms with Crippen LogP contribution in [0.5, 0.6) is 0 Å². The number of nitrogens with one attached hydrogen (secondary N) is 1. The smallest absolute Gasteiger partial charge is 0.228 e. The molecule has 1 amide bonds. The second-order valence-electron chi connectivity index (χ2n) is 4.83. The van der Waals surface area contributed by atoms with E-state index in [2.05, 4.69) is 33.0 Å². The van der Waals surface area contributed by atoms with E-state index >= 15 is 0 Å². The molecule has 0 aliphatic carbocycles. The zero-order chi connectivity index (χ0) is 15.4. The lowest BCUT2D eigenvalue weighted by molar-refractivity contribution is -0.115. The molecular formula is C17H14IN3O. The average molecular weight is 403 g/mol. The van der Waals surface area contributed by atoms with Gasteiger partial charge in [-0.15, -0.1) is 0 Å². The second kappa shape index (κ2) is 6.74. The van der Waals surface area contributed by atoms with Crippen molar-refractivity contribution in [1.82, 2.24) is 9.78 Å². The standard InChI is InChI=1S/C17H14IN3O/c18-15-8-4-5-9-16(15)20-17(22)10-13-11-19-21(12-13)14-6-2-1-3-7-14/h1-9,11-12H,10H2,(H,20,22). The number of hydrogen-bond donors (Lipinski definition) is 1. The molecule has 1 heterocycles. The molecule has 3 rings (SSSR count). The Balaban J connectivity index is 1.68. The van der Waals surface area contributed by atoms with E-state index in [1.807, 2.05) is 60.8 Å². The van der Waals surface area contributed by atoms with E-state index in [0.29, 0.717) is 6.42 Å². The lowest BCUT2D eigenvalue weighted by Gasteiger charge is -2.06. The van der Waals surface area contributed by atoms with Gasteiger partial charge in [-0.3, -0.25) is 4.79 Å². The molecule has 0 spiro atoms. The molecule has 110 valence electrons. The van der Waals surface area contributed by atoms with E-state index < -0.39 is 0 Å². The van der Waals surface area contributed by atoms with E-state index in [0.717, 1.165) is 20.5 Å². The molecule has 0 saturated heterocycles. The first-order chi connectivity index (χ1) is 10.7. The van der Waals surface area contributed by atoms with Crippen LogP contribution in [0.3, 0.4) is 0 Å². The lowest BCUT2D eigenvalue weighted by Crippen LogP contribution is -2.14. The molecule has 0 aliphatic heterocycles. The highest BCUT2D eigenvalue weighted by atomic mass is 127. The quantitative estimate of drug-likeness (QED) is 0.676. The predicted octanol–water partition coefficient (Wildman–Crippen LogP) is 3.66. The number of hydrogen-bond acceptors (Lipinski definition) is 2. The normalized spacial score (nSPS) is 10.4. The predicted molar refractivity (Wildman–Crippen MR) is 95.1 cm³/mol. The van der Waals surface area contributed by atoms with E-state index in [1.54, 1.807) is 10.9 Å². The van der Waals surface area contributed by atoms with E-state index in [4.69, 9.17) is 0 Å². The number of halogens is 1. The Morgan fingerprint density at radius 1 is 1.09 bits per heavy atom. The number of nitrogens with zero attached hydrogens (tertiary/aromatic N) is 2. The summed E-state index contributed by atoms with van der Waals surface area (Å²) in [7, 11) is 0. The van der Waals surface area contributed by atoms with Crippen LogP contribution < -0.4 is 5.32 Å². The molecule has 1 aromatic heterocycles. The average Bonchev–Trinajstić information content (AvgIpc) is 2.99. The summed E-state index contributed by atoms with van der Waals surface area (Å²) in [5, 5.41) is 7.22. The van der Waals surface area contributed by atoms with Crippen molar-refractivity contribution in [2.75, 3.05) is 5.32 Å². The molecule has 22 heavy (non-hydrogen) atoms. The van der Waals surface area contributed by atoms with Gasteiger partial charge in [0.25, 0.3) is 0 Å². The van der Waals surface area contributed by atoms with Gasteiger partial charge in [-0.1, -0.05) is 30.3 Å². The van der Waals surface area contributed by atoms with Gasteiger partial charge >= 0.3 is 0 Å². The Bertz CT molecular complexity index is 783. The van der Waals surface area contributed by atoms with Gasteiger partial charge in [0.2, 0.25) is 5.91 Å². The third kappa shape index (κ3) is 3.54. The summed E-state index contributed by atoms with van der Waals surface area (Å²) in [6, 6.07) is 17.5. The molecule has 0 fully saturated rings. The largest absolute Gasteiger partial charge is 0.325 e. The molecule has 0 radical (unpaired) electrons. The number of carbonyl (C=O) groups is 1. The van der Waals surface area contributed by atoms with E-state index in [-0.39, 0.29) is 5.91 Å². The summed E-state index contributed by atoms with van der Waals surface area (Å²) in [6.07, 6.45) is 3.91. The first-order valence-corrected chi connectivity index (χ1v) is 7.93. The summed E-state index contributed by atoms with van der Waals surface area (Å²) >= 11 is 2.21. The summed E-state index contributed by atoms with van der Waals surface area (Å²) in [5.41, 5.74) is 2.70. The summed E-state index contributed by atoms with van der Waals surface area (Å²) in [4.78, 5) is 12.1. The summed E-state index contributed by atoms with van der Waals surface area (Å²) in [5.74, 6) is -0.0447. The highest BCUT2D eigenvalue weighted by Gasteiger charge is 2.08. The van der Waals surface area contributed by atoms with Crippen molar-refractivity contribution >= 4 is 34.2 Å². The van der Waals surface area contributed by atoms with Crippen molar-refractivity contribution in [2.45, 2.75) is 6.42 Å². The van der Waals surface area contributed by atoms with Crippen LogP contribution in [-0.4, -0.2) is 15.7 Å². The molecule has 1 N–H and O–H groups in total. The Kier molecular flexibility index (Phi) is 4.53. The van der Waals surface area contributed by atoms with Crippen LogP contribution in [0.25, 0.3) is 5.69 Å². The number of benzene rings is 2. The van der Waals surface area contributed by atoms with Crippen molar-refractivity contribution < 1.29 is 4.79 Å². The van der Waals surface area contributed by atoms with Gasteiger partial charge < -0.3 is 5.32 Å². The minimum absolute atomic E-state index is 0.0447. The molecule has 0 atom stereocenters. The fourth-order valence-electron chi connectivity index (χ4n) is 2.12. The zero-order valence-corrected chi connectivity index (χ0v) is 13.9. The van der Waals surface area contributed by atoms with Gasteiger partial charge in [0, 0.05) is 9.77 Å². The third-order valence-electron chi connectivity index (χ3n) is 3.17. The number of anilines is 1. The van der Waals surface area contributed by atoms with Gasteiger partial charge in [0.15, 0.2) is 0 Å². The van der Waals surface area contributed by atoms with Gasteiger partial charge in [-0.2, -0.15) is 5.10 Å². The number of amides is 1. The van der Waals surface area contributed by atoms with Crippen LogP contribution in [0.2, 0.25) is 0 Å². The van der Waals surface area contributed by atoms with Crippen LogP contribution >= 0.6 is 22.6 Å². The maximum atomic E-state index is 12.1. The molecule has 5 heteroatoms. The number of rotatable bonds is 4. The first-order valence-electron chi connectivity index (χ1n) is 6.86. The van der Waals surface area contributed by atoms with Crippen LogP contribution in [0.1, 0.15) is 5.56 Å². The second-order valence-corrected chi connectivity index (χ2v) is 6.00. The fraction of sp³-hybridized carbons (Fsp3) is 0.0588. The minimum Gasteiger partial charge on any atom is -0.325 e. The topological polar surface area (TPSA) is 46.9 Å². The van der Waals surface area contributed by atoms with Gasteiger partial charge in [0.05, 0.1) is 24.0 Å². The maximum Gasteiger partial charge on any atom is 0.228 e. The lowest BCUT2D eigenvalue weighted by atomic mass is 10.2. The molecule has 3 aromatic rings. The van der Waals surface area contributed by atoms with Crippen molar-refractivity contribution in [3.05, 3.63) is 76.1 Å². The minimum atomic E-state index is -0.0447. The molecule has 2 aromatic carbocycles. The molecule has 0 unspecified atom stereocenters. The van der Waals surface area contributed by atoms with E-state index in [9.17, 15) is 4.79 Å². The third-order valence-corrected chi connectivity index (χ3v) is 4.11. The SMILES string of the molecule is O=C(Cc1cnn(-c2ccccc2)c1)Nc1ccccc1I. The van der Waals surface area contributed by atoms with Crippen molar-refractivity contribution in [3.63, 3.8) is 0 Å². The Morgan fingerprint density at radius 2 is 1.82 bits per heavy atom. The highest BCUT2D eigenvalue weighted by molar-refractivity contribution is 14.1. The Hall–Kier alpha value is -2.15. The highest BCUT2D eigenvalue weighted by Crippen LogP contribution is 2.17. The van der Waals surface area contributed by atoms with Gasteiger partial charge in [-0.25, -0.2) is 4.68 Å². The zero-order valence-electron chi connectivity index (χ0n) is 11.7. The Labute approximate surface area is 142 Å². The number of carbonyl (C=O) groups excluding carboxylic acids is 1. The molecule has 0 saturated carbocycles. The first kappa shape index (κ1) is 14.8. The van der Waals surface area contributed by atoms with Crippen molar-refractivity contribution in [3.8, 4) is 5.69 Å². The van der Waals surface area contributed by atoms with Crippen LogP contribution in [0.4, 0.5) is 5.69 Å². The fourth-order valence-corrected chi connectivity index (χ4v) is 2.64. The molecular weight excluding hydrogens is 389 g/mol. The maximum absolute atomic E-state index is 12.1. The Morgan fingerprint density at radius 3 is 2.59 bits per heavy atom. The summed E-state index contributed by atoms with van der Waals surface area (Å²) < 4.78 is 2.79. The van der Waals surface area contributed by atoms with Gasteiger partial charge in [0.1, 0.15) is 0 Å². The van der Waals surface area contributed by atoms with Crippen LogP contribution in [0, 0.1) is 3.57 Å². The van der Waals surface area contributed by atoms with Crippen molar-refractivity contribution in [1.29, 1.82) is 0 Å². The monoisotopic (exact) mass is 403 g/mol. The number of para-hydroxylation sites is 2. The van der Waals surface area contributed by atoms with Crippen LogP contribution in [0.15, 0.2) is 67.0 Å². The van der Waals surface area contributed by atoms with Crippen LogP contribution in [-0.2, 0) is 11.2 Å². The molecule has 0 bridgehead atoms. The van der Waals surface area contributed by atoms with Crippen molar-refractivity contribution in [2.24, 2.45) is 0 Å².